The molecular formula is C13H10O9S4. The highest BCUT2D eigenvalue weighted by Gasteiger charge is 2.40. The molecule has 3 rings (SSSR count). The topological polar surface area (TPSA) is 149 Å². The van der Waals surface area contributed by atoms with Crippen molar-refractivity contribution in [3.63, 3.8) is 0 Å². The third kappa shape index (κ3) is 3.21. The molecule has 0 saturated heterocycles. The summed E-state index contributed by atoms with van der Waals surface area (Å²) < 4.78 is 95.5. The normalized spacial score (nSPS) is 19.0. The van der Waals surface area contributed by atoms with Gasteiger partial charge in [-0.2, -0.15) is 16.8 Å². The van der Waals surface area contributed by atoms with Crippen LogP contribution in [0, 0.1) is 0 Å². The monoisotopic (exact) mass is 438 g/mol. The molecule has 13 heteroatoms. The molecule has 1 aliphatic heterocycles. The van der Waals surface area contributed by atoms with Crippen LogP contribution in [0.15, 0.2) is 56.0 Å². The molecule has 26 heavy (non-hydrogen) atoms. The van der Waals surface area contributed by atoms with Crippen molar-refractivity contribution in [3.05, 3.63) is 36.4 Å². The fourth-order valence-electron chi connectivity index (χ4n) is 2.40. The summed E-state index contributed by atoms with van der Waals surface area (Å²) in [5.41, 5.74) is 0.398. The van der Waals surface area contributed by atoms with Gasteiger partial charge in [0.05, 0.1) is 9.79 Å². The van der Waals surface area contributed by atoms with Crippen LogP contribution < -0.4 is 0 Å². The third-order valence-corrected chi connectivity index (χ3v) is 8.86. The van der Waals surface area contributed by atoms with Crippen molar-refractivity contribution >= 4 is 41.2 Å². The van der Waals surface area contributed by atoms with E-state index in [1.54, 1.807) is 0 Å². The van der Waals surface area contributed by atoms with Gasteiger partial charge in [-0.15, -0.1) is 3.63 Å². The van der Waals surface area contributed by atoms with Crippen LogP contribution >= 0.6 is 0 Å². The fourth-order valence-corrected chi connectivity index (χ4v) is 7.53. The maximum atomic E-state index is 11.9. The molecule has 1 N–H and O–H groups in total. The average molecular weight is 438 g/mol. The molecule has 0 saturated carbocycles. The first kappa shape index (κ1) is 19.1. The summed E-state index contributed by atoms with van der Waals surface area (Å²) in [4.78, 5) is -1.80. The number of hydrogen-bond acceptors (Lipinski definition) is 8. The number of benzene rings is 2. The van der Waals surface area contributed by atoms with Crippen LogP contribution in [-0.2, 0) is 44.8 Å². The zero-order valence-corrected chi connectivity index (χ0v) is 16.1. The SMILES string of the molecule is CS(=O)(=O)c1cc(-c2ccc3c(c2)S(=O)(=O)OS3(=O)=O)ccc1S(=O)O. The zero-order chi connectivity index (χ0) is 19.5. The second kappa shape index (κ2) is 5.94. The Balaban J connectivity index is 2.26. The molecule has 2 aromatic carbocycles. The summed E-state index contributed by atoms with van der Waals surface area (Å²) in [6, 6.07) is 6.89. The minimum Gasteiger partial charge on any atom is -0.302 e. The average Bonchev–Trinajstić information content (AvgIpc) is 2.70. The van der Waals surface area contributed by atoms with Crippen LogP contribution in [0.25, 0.3) is 11.1 Å². The molecule has 9 nitrogen and oxygen atoms in total. The van der Waals surface area contributed by atoms with Crippen molar-refractivity contribution in [1.82, 2.24) is 0 Å². The van der Waals surface area contributed by atoms with E-state index < -0.39 is 55.8 Å². The zero-order valence-electron chi connectivity index (χ0n) is 12.8. The van der Waals surface area contributed by atoms with E-state index in [0.717, 1.165) is 30.5 Å². The number of rotatable bonds is 3. The lowest BCUT2D eigenvalue weighted by Gasteiger charge is -2.09. The van der Waals surface area contributed by atoms with Gasteiger partial charge in [-0.3, -0.25) is 0 Å². The second-order valence-electron chi connectivity index (χ2n) is 5.32. The highest BCUT2D eigenvalue weighted by atomic mass is 32.3. The number of fused-ring (bicyclic) bond motifs is 1. The summed E-state index contributed by atoms with van der Waals surface area (Å²) in [5, 5.41) is 0. The van der Waals surface area contributed by atoms with E-state index >= 15 is 0 Å². The molecule has 1 aliphatic rings. The van der Waals surface area contributed by atoms with Crippen LogP contribution in [0.2, 0.25) is 0 Å². The van der Waals surface area contributed by atoms with E-state index in [9.17, 15) is 34.0 Å². The minimum atomic E-state index is -4.50. The first-order valence-electron chi connectivity index (χ1n) is 6.63. The standard InChI is InChI=1S/C13H10O9S4/c1-24(16,17)12-6-8(2-4-10(12)23(14)15)9-3-5-11-13(7-9)26(20,21)22-25(11,18)19/h2-7H,1H3,(H,14,15). The molecule has 0 radical (unpaired) electrons. The molecule has 0 spiro atoms. The highest BCUT2D eigenvalue weighted by molar-refractivity contribution is 8.02. The molecule has 0 aromatic heterocycles. The minimum absolute atomic E-state index is 0.188. The Kier molecular flexibility index (Phi) is 4.37. The van der Waals surface area contributed by atoms with Gasteiger partial charge in [0.1, 0.15) is 9.79 Å². The van der Waals surface area contributed by atoms with Crippen molar-refractivity contribution in [2.75, 3.05) is 6.26 Å². The molecule has 1 atom stereocenters. The Bertz CT molecular complexity index is 1270. The Morgan fingerprint density at radius 1 is 0.923 bits per heavy atom. The van der Waals surface area contributed by atoms with Crippen LogP contribution in [-0.4, -0.2) is 40.3 Å². The van der Waals surface area contributed by atoms with Gasteiger partial charge >= 0.3 is 20.2 Å². The molecule has 2 aromatic rings. The summed E-state index contributed by atoms with van der Waals surface area (Å²) in [7, 11) is -12.8. The first-order chi connectivity index (χ1) is 11.8. The van der Waals surface area contributed by atoms with Gasteiger partial charge in [-0.1, -0.05) is 12.1 Å². The Labute approximate surface area is 152 Å². The van der Waals surface area contributed by atoms with E-state index in [1.165, 1.54) is 12.1 Å². The van der Waals surface area contributed by atoms with Gasteiger partial charge in [0.25, 0.3) is 0 Å². The van der Waals surface area contributed by atoms with Crippen molar-refractivity contribution in [1.29, 1.82) is 0 Å². The molecule has 1 heterocycles. The van der Waals surface area contributed by atoms with Crippen molar-refractivity contribution < 1.29 is 37.6 Å². The summed E-state index contributed by atoms with van der Waals surface area (Å²) in [5.74, 6) is 0. The van der Waals surface area contributed by atoms with E-state index in [-0.39, 0.29) is 16.0 Å². The Hall–Kier alpha value is -1.64. The Morgan fingerprint density at radius 2 is 1.46 bits per heavy atom. The van der Waals surface area contributed by atoms with E-state index in [0.29, 0.717) is 0 Å². The molecular weight excluding hydrogens is 428 g/mol. The van der Waals surface area contributed by atoms with Crippen LogP contribution in [0.4, 0.5) is 0 Å². The first-order valence-corrected chi connectivity index (χ1v) is 12.4. The van der Waals surface area contributed by atoms with Crippen LogP contribution in [0.5, 0.6) is 0 Å². The smallest absolute Gasteiger partial charge is 0.302 e. The second-order valence-corrected chi connectivity index (χ2v) is 11.5. The number of sulfone groups is 1. The summed E-state index contributed by atoms with van der Waals surface area (Å²) in [6.07, 6.45) is 0.857. The predicted molar refractivity (Wildman–Crippen MR) is 89.5 cm³/mol. The lowest BCUT2D eigenvalue weighted by molar-refractivity contribution is 0.475. The van der Waals surface area contributed by atoms with Gasteiger partial charge in [0.2, 0.25) is 0 Å². The van der Waals surface area contributed by atoms with Gasteiger partial charge in [-0.25, -0.2) is 12.6 Å². The van der Waals surface area contributed by atoms with E-state index in [2.05, 4.69) is 3.63 Å². The summed E-state index contributed by atoms with van der Waals surface area (Å²) >= 11 is -2.55. The molecule has 140 valence electrons. The van der Waals surface area contributed by atoms with Crippen molar-refractivity contribution in [2.45, 2.75) is 19.6 Å². The van der Waals surface area contributed by atoms with Crippen LogP contribution in [0.3, 0.4) is 0 Å². The van der Waals surface area contributed by atoms with Crippen molar-refractivity contribution in [3.8, 4) is 11.1 Å². The Morgan fingerprint density at radius 3 is 2.04 bits per heavy atom. The van der Waals surface area contributed by atoms with Gasteiger partial charge in [-0.05, 0) is 35.4 Å². The molecule has 0 bridgehead atoms. The van der Waals surface area contributed by atoms with E-state index in [1.807, 2.05) is 0 Å². The van der Waals surface area contributed by atoms with Gasteiger partial charge in [0.15, 0.2) is 20.9 Å². The largest absolute Gasteiger partial charge is 0.313 e. The van der Waals surface area contributed by atoms with Gasteiger partial charge < -0.3 is 4.55 Å². The fraction of sp³-hybridized carbons (Fsp3) is 0.0769. The maximum absolute atomic E-state index is 11.9. The third-order valence-electron chi connectivity index (χ3n) is 3.53. The number of hydrogen-bond donors (Lipinski definition) is 1. The van der Waals surface area contributed by atoms with Crippen molar-refractivity contribution in [2.24, 2.45) is 0 Å². The molecule has 0 fully saturated rings. The maximum Gasteiger partial charge on any atom is 0.313 e. The quantitative estimate of drug-likeness (QED) is 0.685. The lowest BCUT2D eigenvalue weighted by atomic mass is 10.1. The molecule has 1 unspecified atom stereocenters. The van der Waals surface area contributed by atoms with Gasteiger partial charge in [0, 0.05) is 6.26 Å². The molecule has 0 amide bonds. The van der Waals surface area contributed by atoms with Crippen LogP contribution in [0.1, 0.15) is 0 Å². The lowest BCUT2D eigenvalue weighted by Crippen LogP contribution is -2.04. The predicted octanol–water partition coefficient (Wildman–Crippen LogP) is 0.745. The van der Waals surface area contributed by atoms with E-state index in [4.69, 9.17) is 0 Å². The highest BCUT2D eigenvalue weighted by Crippen LogP contribution is 2.37. The summed E-state index contributed by atoms with van der Waals surface area (Å²) in [6.45, 7) is 0. The molecule has 0 aliphatic carbocycles.